The molecule has 4 heteroatoms. The van der Waals surface area contributed by atoms with Crippen LogP contribution in [0.3, 0.4) is 0 Å². The monoisotopic (exact) mass is 198 g/mol. The molecule has 1 nitrogen and oxygen atoms in total. The third-order valence-corrected chi connectivity index (χ3v) is 2.84. The van der Waals surface area contributed by atoms with Gasteiger partial charge in [0.2, 0.25) is 6.43 Å². The lowest BCUT2D eigenvalue weighted by molar-refractivity contribution is -0.0301. The molecule has 0 aromatic carbocycles. The zero-order valence-electron chi connectivity index (χ0n) is 6.86. The number of rotatable bonds is 3. The van der Waals surface area contributed by atoms with Crippen molar-refractivity contribution in [2.75, 3.05) is 19.1 Å². The van der Waals surface area contributed by atoms with Crippen molar-refractivity contribution in [3.8, 4) is 0 Å². The number of hydrogen-bond donors (Lipinski definition) is 0. The SMILES string of the molecule is FC(F)CC1(CCl)CCCOC1. The van der Waals surface area contributed by atoms with Crippen LogP contribution in [0.5, 0.6) is 0 Å². The molecule has 72 valence electrons. The summed E-state index contributed by atoms with van der Waals surface area (Å²) in [6.45, 7) is 1.07. The maximum absolute atomic E-state index is 12.1. The summed E-state index contributed by atoms with van der Waals surface area (Å²) in [5, 5.41) is 0. The molecule has 0 amide bonds. The van der Waals surface area contributed by atoms with E-state index >= 15 is 0 Å². The second kappa shape index (κ2) is 4.38. The van der Waals surface area contributed by atoms with E-state index in [1.165, 1.54) is 0 Å². The molecule has 0 saturated carbocycles. The van der Waals surface area contributed by atoms with Gasteiger partial charge in [-0.2, -0.15) is 0 Å². The molecule has 0 radical (unpaired) electrons. The van der Waals surface area contributed by atoms with E-state index in [4.69, 9.17) is 16.3 Å². The first-order valence-corrected chi connectivity index (χ1v) is 4.64. The Balaban J connectivity index is 2.48. The first-order valence-electron chi connectivity index (χ1n) is 4.10. The second-order valence-corrected chi connectivity index (χ2v) is 3.65. The van der Waals surface area contributed by atoms with E-state index in [1.54, 1.807) is 0 Å². The van der Waals surface area contributed by atoms with Crippen molar-refractivity contribution in [2.24, 2.45) is 5.41 Å². The third kappa shape index (κ3) is 2.56. The predicted molar refractivity (Wildman–Crippen MR) is 43.8 cm³/mol. The highest BCUT2D eigenvalue weighted by Crippen LogP contribution is 2.35. The minimum atomic E-state index is -2.27. The van der Waals surface area contributed by atoms with Crippen LogP contribution >= 0.6 is 11.6 Å². The minimum Gasteiger partial charge on any atom is -0.381 e. The molecule has 0 aliphatic carbocycles. The molecule has 1 heterocycles. The van der Waals surface area contributed by atoms with Gasteiger partial charge in [-0.05, 0) is 12.8 Å². The molecule has 0 aromatic heterocycles. The second-order valence-electron chi connectivity index (χ2n) is 3.38. The van der Waals surface area contributed by atoms with E-state index in [2.05, 4.69) is 0 Å². The molecule has 0 bridgehead atoms. The number of hydrogen-bond acceptors (Lipinski definition) is 1. The highest BCUT2D eigenvalue weighted by Gasteiger charge is 2.34. The van der Waals surface area contributed by atoms with Gasteiger partial charge >= 0.3 is 0 Å². The van der Waals surface area contributed by atoms with Crippen molar-refractivity contribution in [1.29, 1.82) is 0 Å². The van der Waals surface area contributed by atoms with Crippen molar-refractivity contribution >= 4 is 11.6 Å². The van der Waals surface area contributed by atoms with Crippen LogP contribution in [0.25, 0.3) is 0 Å². The average Bonchev–Trinajstić information content (AvgIpc) is 2.05. The van der Waals surface area contributed by atoms with Gasteiger partial charge in [-0.1, -0.05) is 0 Å². The van der Waals surface area contributed by atoms with Gasteiger partial charge in [-0.15, -0.1) is 11.6 Å². The van der Waals surface area contributed by atoms with Crippen LogP contribution in [0.15, 0.2) is 0 Å². The maximum atomic E-state index is 12.1. The van der Waals surface area contributed by atoms with Crippen LogP contribution in [0, 0.1) is 5.41 Å². The van der Waals surface area contributed by atoms with Crippen molar-refractivity contribution in [3.63, 3.8) is 0 Å². The molecular formula is C8H13ClF2O. The molecule has 1 unspecified atom stereocenters. The molecule has 12 heavy (non-hydrogen) atoms. The highest BCUT2D eigenvalue weighted by molar-refractivity contribution is 6.18. The van der Waals surface area contributed by atoms with Crippen molar-refractivity contribution in [1.82, 2.24) is 0 Å². The molecule has 1 rings (SSSR count). The highest BCUT2D eigenvalue weighted by atomic mass is 35.5. The van der Waals surface area contributed by atoms with Crippen LogP contribution in [-0.2, 0) is 4.74 Å². The van der Waals surface area contributed by atoms with Gasteiger partial charge in [0, 0.05) is 24.3 Å². The molecule has 0 aromatic rings. The summed E-state index contributed by atoms with van der Waals surface area (Å²) < 4.78 is 29.4. The number of halogens is 3. The van der Waals surface area contributed by atoms with Gasteiger partial charge < -0.3 is 4.74 Å². The van der Waals surface area contributed by atoms with Crippen LogP contribution in [0.4, 0.5) is 8.78 Å². The smallest absolute Gasteiger partial charge is 0.239 e. The molecule has 1 aliphatic heterocycles. The van der Waals surface area contributed by atoms with Gasteiger partial charge in [-0.25, -0.2) is 8.78 Å². The molecule has 0 N–H and O–H groups in total. The summed E-state index contributed by atoms with van der Waals surface area (Å²) in [4.78, 5) is 0. The van der Waals surface area contributed by atoms with E-state index in [0.29, 0.717) is 13.2 Å². The fourth-order valence-electron chi connectivity index (χ4n) is 1.56. The van der Waals surface area contributed by atoms with Gasteiger partial charge in [0.05, 0.1) is 6.61 Å². The number of ether oxygens (including phenoxy) is 1. The Morgan fingerprint density at radius 1 is 1.50 bits per heavy atom. The summed E-state index contributed by atoms with van der Waals surface area (Å²) in [5.41, 5.74) is -0.464. The van der Waals surface area contributed by atoms with Crippen LogP contribution in [0.2, 0.25) is 0 Å². The molecule has 1 fully saturated rings. The molecular weight excluding hydrogens is 186 g/mol. The molecule has 1 saturated heterocycles. The van der Waals surface area contributed by atoms with Crippen LogP contribution < -0.4 is 0 Å². The molecule has 1 aliphatic rings. The minimum absolute atomic E-state index is 0.128. The van der Waals surface area contributed by atoms with Gasteiger partial charge in [0.1, 0.15) is 0 Å². The first-order chi connectivity index (χ1) is 5.68. The Morgan fingerprint density at radius 2 is 2.25 bits per heavy atom. The Labute approximate surface area is 76.0 Å². The fourth-order valence-corrected chi connectivity index (χ4v) is 1.88. The van der Waals surface area contributed by atoms with Gasteiger partial charge in [0.25, 0.3) is 0 Å². The predicted octanol–water partition coefficient (Wildman–Crippen LogP) is 2.68. The van der Waals surface area contributed by atoms with E-state index < -0.39 is 11.8 Å². The van der Waals surface area contributed by atoms with E-state index in [0.717, 1.165) is 12.8 Å². The first kappa shape index (κ1) is 10.2. The summed E-state index contributed by atoms with van der Waals surface area (Å²) >= 11 is 5.67. The lowest BCUT2D eigenvalue weighted by atomic mass is 9.81. The number of alkyl halides is 3. The van der Waals surface area contributed by atoms with Crippen molar-refractivity contribution in [2.45, 2.75) is 25.7 Å². The Kier molecular flexibility index (Phi) is 3.72. The Bertz CT molecular complexity index is 135. The van der Waals surface area contributed by atoms with E-state index in [1.807, 2.05) is 0 Å². The quantitative estimate of drug-likeness (QED) is 0.634. The summed E-state index contributed by atoms with van der Waals surface area (Å²) in [6.07, 6.45) is -0.790. The van der Waals surface area contributed by atoms with Crippen LogP contribution in [0.1, 0.15) is 19.3 Å². The average molecular weight is 199 g/mol. The molecule has 0 spiro atoms. The summed E-state index contributed by atoms with van der Waals surface area (Å²) in [5.74, 6) is 0.275. The topological polar surface area (TPSA) is 9.23 Å². The van der Waals surface area contributed by atoms with E-state index in [9.17, 15) is 8.78 Å². The van der Waals surface area contributed by atoms with Crippen molar-refractivity contribution in [3.05, 3.63) is 0 Å². The van der Waals surface area contributed by atoms with Gasteiger partial charge in [-0.3, -0.25) is 0 Å². The molecule has 1 atom stereocenters. The van der Waals surface area contributed by atoms with Gasteiger partial charge in [0.15, 0.2) is 0 Å². The lowest BCUT2D eigenvalue weighted by Gasteiger charge is -2.34. The lowest BCUT2D eigenvalue weighted by Crippen LogP contribution is -2.35. The van der Waals surface area contributed by atoms with E-state index in [-0.39, 0.29) is 12.3 Å². The Hall–Kier alpha value is 0.110. The standard InChI is InChI=1S/C8H13ClF2O/c9-5-8(4-7(10)11)2-1-3-12-6-8/h7H,1-6H2. The Morgan fingerprint density at radius 3 is 2.67 bits per heavy atom. The van der Waals surface area contributed by atoms with Crippen LogP contribution in [-0.4, -0.2) is 25.5 Å². The third-order valence-electron chi connectivity index (χ3n) is 2.27. The maximum Gasteiger partial charge on any atom is 0.239 e. The largest absolute Gasteiger partial charge is 0.381 e. The summed E-state index contributed by atoms with van der Waals surface area (Å²) in [6, 6.07) is 0. The van der Waals surface area contributed by atoms with Crippen molar-refractivity contribution < 1.29 is 13.5 Å². The fraction of sp³-hybridized carbons (Fsp3) is 1.00. The summed E-state index contributed by atoms with van der Waals surface area (Å²) in [7, 11) is 0. The zero-order valence-corrected chi connectivity index (χ0v) is 7.62. The zero-order chi connectivity index (χ0) is 9.03. The normalized spacial score (nSPS) is 31.0.